The molecular formula is C25H24N4O. The Hall–Kier alpha value is -3.86. The Morgan fingerprint density at radius 1 is 0.767 bits per heavy atom. The summed E-state index contributed by atoms with van der Waals surface area (Å²) in [5.41, 5.74) is 9.46. The highest BCUT2D eigenvalue weighted by molar-refractivity contribution is 5.95. The van der Waals surface area contributed by atoms with Crippen LogP contribution in [0.15, 0.2) is 84.0 Å². The summed E-state index contributed by atoms with van der Waals surface area (Å²) in [6, 6.07) is 25.8. The molecule has 4 aromatic rings. The number of carbonyl (C=O) groups is 1. The van der Waals surface area contributed by atoms with Crippen molar-refractivity contribution in [2.75, 3.05) is 0 Å². The molecule has 5 heteroatoms. The number of aryl methyl sites for hydroxylation is 3. The van der Waals surface area contributed by atoms with Crippen molar-refractivity contribution in [1.29, 1.82) is 0 Å². The predicted molar refractivity (Wildman–Crippen MR) is 121 cm³/mol. The highest BCUT2D eigenvalue weighted by Gasteiger charge is 2.09. The van der Waals surface area contributed by atoms with Crippen LogP contribution in [0.25, 0.3) is 11.4 Å². The van der Waals surface area contributed by atoms with Crippen molar-refractivity contribution >= 4 is 12.1 Å². The van der Waals surface area contributed by atoms with Crippen molar-refractivity contribution in [2.24, 2.45) is 5.10 Å². The third-order valence-corrected chi connectivity index (χ3v) is 5.12. The smallest absolute Gasteiger partial charge is 0.271 e. The van der Waals surface area contributed by atoms with Crippen LogP contribution in [0.4, 0.5) is 0 Å². The second kappa shape index (κ2) is 8.25. The number of hydrogen-bond donors (Lipinski definition) is 1. The molecule has 0 spiro atoms. The van der Waals surface area contributed by atoms with Gasteiger partial charge in [0.2, 0.25) is 0 Å². The number of para-hydroxylation sites is 1. The van der Waals surface area contributed by atoms with E-state index in [9.17, 15) is 4.79 Å². The van der Waals surface area contributed by atoms with Crippen molar-refractivity contribution in [3.8, 4) is 11.4 Å². The molecule has 1 N–H and O–H groups in total. The molecule has 30 heavy (non-hydrogen) atoms. The Kier molecular flexibility index (Phi) is 5.35. The molecule has 0 aliphatic carbocycles. The zero-order chi connectivity index (χ0) is 21.1. The second-order valence-corrected chi connectivity index (χ2v) is 7.27. The molecule has 0 fully saturated rings. The summed E-state index contributed by atoms with van der Waals surface area (Å²) >= 11 is 0. The van der Waals surface area contributed by atoms with Gasteiger partial charge in [-0.05, 0) is 75.4 Å². The normalized spacial score (nSPS) is 11.2. The van der Waals surface area contributed by atoms with E-state index in [0.29, 0.717) is 5.56 Å². The molecule has 2 aromatic heterocycles. The minimum Gasteiger partial charge on any atom is -0.318 e. The molecule has 2 heterocycles. The van der Waals surface area contributed by atoms with Gasteiger partial charge in [0.05, 0.1) is 11.9 Å². The molecule has 0 aliphatic rings. The molecule has 150 valence electrons. The van der Waals surface area contributed by atoms with Crippen molar-refractivity contribution in [3.05, 3.63) is 107 Å². The molecule has 0 saturated heterocycles. The van der Waals surface area contributed by atoms with Crippen molar-refractivity contribution in [1.82, 2.24) is 14.6 Å². The summed E-state index contributed by atoms with van der Waals surface area (Å²) in [4.78, 5) is 12.6. The molecular weight excluding hydrogens is 372 g/mol. The predicted octanol–water partition coefficient (Wildman–Crippen LogP) is 4.96. The van der Waals surface area contributed by atoms with Gasteiger partial charge in [0, 0.05) is 34.0 Å². The molecule has 0 atom stereocenters. The summed E-state index contributed by atoms with van der Waals surface area (Å²) in [6.07, 6.45) is 1.67. The number of aromatic nitrogens is 2. The minimum atomic E-state index is -0.245. The van der Waals surface area contributed by atoms with E-state index in [2.05, 4.69) is 31.8 Å². The Morgan fingerprint density at radius 3 is 2.13 bits per heavy atom. The molecule has 0 bridgehead atoms. The van der Waals surface area contributed by atoms with Gasteiger partial charge in [-0.2, -0.15) is 5.10 Å². The number of amides is 1. The maximum Gasteiger partial charge on any atom is 0.271 e. The van der Waals surface area contributed by atoms with E-state index in [0.717, 1.165) is 34.2 Å². The second-order valence-electron chi connectivity index (χ2n) is 7.27. The summed E-state index contributed by atoms with van der Waals surface area (Å²) in [6.45, 7) is 6.14. The third kappa shape index (κ3) is 3.82. The van der Waals surface area contributed by atoms with Crippen LogP contribution in [0, 0.1) is 20.8 Å². The Morgan fingerprint density at radius 2 is 1.40 bits per heavy atom. The van der Waals surface area contributed by atoms with Gasteiger partial charge in [0.25, 0.3) is 5.91 Å². The van der Waals surface area contributed by atoms with Crippen LogP contribution in [0.2, 0.25) is 0 Å². The highest BCUT2D eigenvalue weighted by Crippen LogP contribution is 2.18. The number of nitrogens with zero attached hydrogens (tertiary/aromatic N) is 3. The van der Waals surface area contributed by atoms with Gasteiger partial charge in [0.1, 0.15) is 0 Å². The molecule has 4 rings (SSSR count). The number of hydrazone groups is 1. The maximum atomic E-state index is 12.6. The number of rotatable bonds is 5. The van der Waals surface area contributed by atoms with E-state index < -0.39 is 0 Å². The van der Waals surface area contributed by atoms with Crippen LogP contribution < -0.4 is 5.43 Å². The SMILES string of the molecule is Cc1ccc(C)n1-c1cccc(C(=O)N/N=C/c2ccc(C)n2-c2ccccc2)c1. The van der Waals surface area contributed by atoms with E-state index in [4.69, 9.17) is 0 Å². The fourth-order valence-corrected chi connectivity index (χ4v) is 3.67. The quantitative estimate of drug-likeness (QED) is 0.376. The first-order valence-electron chi connectivity index (χ1n) is 9.87. The molecule has 0 saturated carbocycles. The van der Waals surface area contributed by atoms with E-state index >= 15 is 0 Å². The summed E-state index contributed by atoms with van der Waals surface area (Å²) in [7, 11) is 0. The zero-order valence-electron chi connectivity index (χ0n) is 17.3. The number of benzene rings is 2. The van der Waals surface area contributed by atoms with Gasteiger partial charge in [0.15, 0.2) is 0 Å². The largest absolute Gasteiger partial charge is 0.318 e. The monoisotopic (exact) mass is 396 g/mol. The summed E-state index contributed by atoms with van der Waals surface area (Å²) < 4.78 is 4.21. The van der Waals surface area contributed by atoms with Crippen molar-refractivity contribution < 1.29 is 4.79 Å². The number of carbonyl (C=O) groups excluding carboxylic acids is 1. The molecule has 2 aromatic carbocycles. The zero-order valence-corrected chi connectivity index (χ0v) is 17.3. The van der Waals surface area contributed by atoms with E-state index in [1.165, 1.54) is 0 Å². The average molecular weight is 396 g/mol. The van der Waals surface area contributed by atoms with E-state index in [-0.39, 0.29) is 5.91 Å². The fourth-order valence-electron chi connectivity index (χ4n) is 3.67. The van der Waals surface area contributed by atoms with Crippen LogP contribution in [0.1, 0.15) is 33.1 Å². The van der Waals surface area contributed by atoms with Crippen LogP contribution >= 0.6 is 0 Å². The van der Waals surface area contributed by atoms with Crippen molar-refractivity contribution in [3.63, 3.8) is 0 Å². The van der Waals surface area contributed by atoms with Gasteiger partial charge in [-0.1, -0.05) is 24.3 Å². The van der Waals surface area contributed by atoms with E-state index in [1.807, 2.05) is 81.4 Å². The summed E-state index contributed by atoms with van der Waals surface area (Å²) in [5.74, 6) is -0.245. The van der Waals surface area contributed by atoms with Gasteiger partial charge in [-0.25, -0.2) is 5.43 Å². The lowest BCUT2D eigenvalue weighted by Crippen LogP contribution is -2.18. The Labute approximate surface area is 176 Å². The lowest BCUT2D eigenvalue weighted by atomic mass is 10.2. The lowest BCUT2D eigenvalue weighted by Gasteiger charge is -2.11. The van der Waals surface area contributed by atoms with Gasteiger partial charge < -0.3 is 9.13 Å². The third-order valence-electron chi connectivity index (χ3n) is 5.12. The first-order chi connectivity index (χ1) is 14.5. The Bertz CT molecular complexity index is 1200. The Balaban J connectivity index is 1.53. The topological polar surface area (TPSA) is 51.3 Å². The van der Waals surface area contributed by atoms with E-state index in [1.54, 1.807) is 12.3 Å². The average Bonchev–Trinajstić information content (AvgIpc) is 3.30. The van der Waals surface area contributed by atoms with Gasteiger partial charge in [-0.3, -0.25) is 4.79 Å². The first kappa shape index (κ1) is 19.5. The standard InChI is InChI=1S/C25H24N4O/c1-18-12-13-19(2)28(18)23-11-7-8-21(16-23)25(30)27-26-17-24-15-14-20(3)29(24)22-9-5-4-6-10-22/h4-17H,1-3H3,(H,27,30)/b26-17+. The fraction of sp³-hybridized carbons (Fsp3) is 0.120. The lowest BCUT2D eigenvalue weighted by molar-refractivity contribution is 0.0955. The van der Waals surface area contributed by atoms with Crippen LogP contribution in [0.5, 0.6) is 0 Å². The summed E-state index contributed by atoms with van der Waals surface area (Å²) in [5, 5.41) is 4.19. The minimum absolute atomic E-state index is 0.245. The van der Waals surface area contributed by atoms with Crippen LogP contribution in [-0.2, 0) is 0 Å². The molecule has 5 nitrogen and oxygen atoms in total. The maximum absolute atomic E-state index is 12.6. The van der Waals surface area contributed by atoms with Gasteiger partial charge >= 0.3 is 0 Å². The van der Waals surface area contributed by atoms with Crippen LogP contribution in [0.3, 0.4) is 0 Å². The highest BCUT2D eigenvalue weighted by atomic mass is 16.2. The number of hydrogen-bond acceptors (Lipinski definition) is 2. The molecule has 0 unspecified atom stereocenters. The van der Waals surface area contributed by atoms with Crippen molar-refractivity contribution in [2.45, 2.75) is 20.8 Å². The molecule has 0 aliphatic heterocycles. The van der Waals surface area contributed by atoms with Crippen LogP contribution in [-0.4, -0.2) is 21.3 Å². The molecule has 0 radical (unpaired) electrons. The molecule has 1 amide bonds. The number of nitrogens with one attached hydrogen (secondary N) is 1. The first-order valence-corrected chi connectivity index (χ1v) is 9.87. The van der Waals surface area contributed by atoms with Gasteiger partial charge in [-0.15, -0.1) is 0 Å².